The summed E-state index contributed by atoms with van der Waals surface area (Å²) in [5.74, 6) is 0.906. The van der Waals surface area contributed by atoms with Gasteiger partial charge in [0, 0.05) is 23.7 Å². The maximum absolute atomic E-state index is 13.2. The predicted molar refractivity (Wildman–Crippen MR) is 137 cm³/mol. The number of nitrogens with one attached hydrogen (secondary N) is 1. The second-order valence-electron chi connectivity index (χ2n) is 11.0. The summed E-state index contributed by atoms with van der Waals surface area (Å²) in [6.07, 6.45) is 8.04. The minimum Gasteiger partial charge on any atom is -0.322 e. The number of H-pyrrole nitrogens is 1. The van der Waals surface area contributed by atoms with E-state index in [1.165, 1.54) is 30.4 Å². The monoisotopic (exact) mass is 464 g/mol. The fraction of sp³-hybridized carbons (Fsp3) is 0.630. The van der Waals surface area contributed by atoms with Crippen LogP contribution in [0.5, 0.6) is 0 Å². The van der Waals surface area contributed by atoms with Gasteiger partial charge in [0.05, 0.1) is 11.6 Å². The third-order valence-corrected chi connectivity index (χ3v) is 7.32. The first-order valence-corrected chi connectivity index (χ1v) is 12.9. The molecule has 0 amide bonds. The van der Waals surface area contributed by atoms with E-state index in [0.29, 0.717) is 12.6 Å². The summed E-state index contributed by atoms with van der Waals surface area (Å²) in [5, 5.41) is 14.1. The van der Waals surface area contributed by atoms with Crippen molar-refractivity contribution in [1.82, 2.24) is 30.1 Å². The molecule has 2 heterocycles. The van der Waals surface area contributed by atoms with Gasteiger partial charge in [0.15, 0.2) is 5.82 Å². The predicted octanol–water partition coefficient (Wildman–Crippen LogP) is 5.56. The minimum absolute atomic E-state index is 0.00206. The normalized spacial score (nSPS) is 16.4. The highest BCUT2D eigenvalue weighted by Crippen LogP contribution is 2.35. The van der Waals surface area contributed by atoms with Crippen LogP contribution in [0.25, 0.3) is 10.9 Å². The number of fused-ring (bicyclic) bond motifs is 1. The third kappa shape index (κ3) is 5.09. The van der Waals surface area contributed by atoms with E-state index in [1.807, 2.05) is 4.68 Å². The Balaban J connectivity index is 1.78. The van der Waals surface area contributed by atoms with Crippen molar-refractivity contribution < 1.29 is 0 Å². The van der Waals surface area contributed by atoms with E-state index in [-0.39, 0.29) is 17.1 Å². The van der Waals surface area contributed by atoms with E-state index in [2.05, 4.69) is 85.2 Å². The van der Waals surface area contributed by atoms with E-state index in [9.17, 15) is 4.79 Å². The topological polar surface area (TPSA) is 79.7 Å². The number of pyridine rings is 1. The van der Waals surface area contributed by atoms with Gasteiger partial charge in [-0.1, -0.05) is 32.6 Å². The van der Waals surface area contributed by atoms with Gasteiger partial charge in [-0.05, 0) is 99.0 Å². The van der Waals surface area contributed by atoms with Gasteiger partial charge in [-0.3, -0.25) is 9.69 Å². The standard InChI is InChI=1S/C27H40N6O/c1-7-11-24(25-29-30-31-33(25)27(4,5)6)32(22-12-9-8-10-13-22)17-21-16-20-14-18(2)19(3)15-23(20)28-26(21)34/h14-16,22,24H,7-13,17H2,1-6H3,(H,28,34)/t24-/m0/s1. The number of nitrogens with zero attached hydrogens (tertiary/aromatic N) is 5. The molecule has 0 bridgehead atoms. The lowest BCUT2D eigenvalue weighted by molar-refractivity contribution is 0.0779. The Kier molecular flexibility index (Phi) is 7.22. The Labute approximate surface area is 202 Å². The molecule has 1 saturated carbocycles. The van der Waals surface area contributed by atoms with Gasteiger partial charge < -0.3 is 4.98 Å². The highest BCUT2D eigenvalue weighted by atomic mass is 16.1. The van der Waals surface area contributed by atoms with Crippen molar-refractivity contribution in [2.45, 2.75) is 111 Å². The van der Waals surface area contributed by atoms with Crippen LogP contribution in [0.4, 0.5) is 0 Å². The van der Waals surface area contributed by atoms with E-state index in [4.69, 9.17) is 0 Å². The first-order valence-electron chi connectivity index (χ1n) is 12.9. The molecule has 0 spiro atoms. The van der Waals surface area contributed by atoms with Crippen molar-refractivity contribution in [2.75, 3.05) is 0 Å². The number of hydrogen-bond donors (Lipinski definition) is 1. The highest BCUT2D eigenvalue weighted by Gasteiger charge is 2.34. The van der Waals surface area contributed by atoms with E-state index >= 15 is 0 Å². The summed E-state index contributed by atoms with van der Waals surface area (Å²) in [6, 6.07) is 6.83. The second kappa shape index (κ2) is 9.98. The minimum atomic E-state index is -0.209. The molecule has 34 heavy (non-hydrogen) atoms. The van der Waals surface area contributed by atoms with Crippen molar-refractivity contribution in [3.05, 3.63) is 51.1 Å². The van der Waals surface area contributed by atoms with Crippen LogP contribution in [-0.4, -0.2) is 36.1 Å². The highest BCUT2D eigenvalue weighted by molar-refractivity contribution is 5.80. The Hall–Kier alpha value is -2.54. The fourth-order valence-electron chi connectivity index (χ4n) is 5.34. The average molecular weight is 465 g/mol. The van der Waals surface area contributed by atoms with Crippen molar-refractivity contribution in [3.63, 3.8) is 0 Å². The lowest BCUT2D eigenvalue weighted by Gasteiger charge is -2.40. The number of rotatable bonds is 7. The van der Waals surface area contributed by atoms with E-state index in [1.54, 1.807) is 0 Å². The number of tetrazole rings is 1. The number of aromatic nitrogens is 5. The molecule has 4 rings (SSSR count). The Bertz CT molecular complexity index is 1180. The van der Waals surface area contributed by atoms with Crippen LogP contribution in [-0.2, 0) is 12.1 Å². The van der Waals surface area contributed by atoms with Gasteiger partial charge in [0.1, 0.15) is 0 Å². The van der Waals surface area contributed by atoms with Crippen LogP contribution < -0.4 is 5.56 Å². The fourth-order valence-corrected chi connectivity index (χ4v) is 5.34. The zero-order valence-electron chi connectivity index (χ0n) is 21.7. The van der Waals surface area contributed by atoms with Crippen molar-refractivity contribution in [3.8, 4) is 0 Å². The first-order chi connectivity index (χ1) is 16.2. The molecule has 1 aromatic carbocycles. The van der Waals surface area contributed by atoms with Gasteiger partial charge in [0.2, 0.25) is 0 Å². The van der Waals surface area contributed by atoms with Crippen LogP contribution in [0.1, 0.15) is 101 Å². The van der Waals surface area contributed by atoms with Gasteiger partial charge in [0.25, 0.3) is 5.56 Å². The summed E-state index contributed by atoms with van der Waals surface area (Å²) in [5.41, 5.74) is 3.95. The summed E-state index contributed by atoms with van der Waals surface area (Å²) >= 11 is 0. The molecule has 3 aromatic rings. The molecule has 1 N–H and O–H groups in total. The molecule has 1 atom stereocenters. The van der Waals surface area contributed by atoms with Gasteiger partial charge in [-0.15, -0.1) is 5.10 Å². The van der Waals surface area contributed by atoms with Gasteiger partial charge in [-0.2, -0.15) is 0 Å². The molecular weight excluding hydrogens is 424 g/mol. The maximum Gasteiger partial charge on any atom is 0.252 e. The van der Waals surface area contributed by atoms with Crippen LogP contribution in [0.3, 0.4) is 0 Å². The first kappa shape index (κ1) is 24.6. The average Bonchev–Trinajstić information content (AvgIpc) is 3.29. The summed E-state index contributed by atoms with van der Waals surface area (Å²) in [4.78, 5) is 18.9. The zero-order chi connectivity index (χ0) is 24.5. The van der Waals surface area contributed by atoms with Crippen molar-refractivity contribution in [1.29, 1.82) is 0 Å². The molecule has 1 aliphatic rings. The zero-order valence-corrected chi connectivity index (χ0v) is 21.7. The Morgan fingerprint density at radius 3 is 2.50 bits per heavy atom. The molecule has 7 heteroatoms. The summed E-state index contributed by atoms with van der Waals surface area (Å²) in [6.45, 7) is 13.4. The van der Waals surface area contributed by atoms with E-state index < -0.39 is 0 Å². The number of aryl methyl sites for hydroxylation is 2. The van der Waals surface area contributed by atoms with Crippen molar-refractivity contribution in [2.24, 2.45) is 0 Å². The molecule has 7 nitrogen and oxygen atoms in total. The molecule has 1 fully saturated rings. The molecule has 0 radical (unpaired) electrons. The smallest absolute Gasteiger partial charge is 0.252 e. The maximum atomic E-state index is 13.2. The van der Waals surface area contributed by atoms with E-state index in [0.717, 1.165) is 48.0 Å². The SMILES string of the molecule is CCC[C@@H](c1nnnn1C(C)(C)C)N(Cc1cc2cc(C)c(C)cc2[nH]c1=O)C1CCCCC1. The van der Waals surface area contributed by atoms with Gasteiger partial charge >= 0.3 is 0 Å². The number of hydrogen-bond acceptors (Lipinski definition) is 5. The van der Waals surface area contributed by atoms with Crippen molar-refractivity contribution >= 4 is 10.9 Å². The molecular formula is C27H40N6O. The quantitative estimate of drug-likeness (QED) is 0.495. The molecule has 1 aliphatic carbocycles. The lowest BCUT2D eigenvalue weighted by atomic mass is 9.91. The lowest BCUT2D eigenvalue weighted by Crippen LogP contribution is -2.42. The summed E-state index contributed by atoms with van der Waals surface area (Å²) in [7, 11) is 0. The second-order valence-corrected chi connectivity index (χ2v) is 11.0. The molecule has 0 aliphatic heterocycles. The molecule has 2 aromatic heterocycles. The van der Waals surface area contributed by atoms with Crippen LogP contribution in [0.15, 0.2) is 23.0 Å². The molecule has 0 saturated heterocycles. The van der Waals surface area contributed by atoms with Crippen LogP contribution in [0.2, 0.25) is 0 Å². The van der Waals surface area contributed by atoms with Gasteiger partial charge in [-0.25, -0.2) is 4.68 Å². The largest absolute Gasteiger partial charge is 0.322 e. The number of aromatic amines is 1. The molecule has 184 valence electrons. The molecule has 0 unspecified atom stereocenters. The number of benzene rings is 1. The Morgan fingerprint density at radius 2 is 1.82 bits per heavy atom. The van der Waals surface area contributed by atoms with Crippen LogP contribution >= 0.6 is 0 Å². The van der Waals surface area contributed by atoms with Crippen LogP contribution in [0, 0.1) is 13.8 Å². The third-order valence-electron chi connectivity index (χ3n) is 7.32. The summed E-state index contributed by atoms with van der Waals surface area (Å²) < 4.78 is 1.97. The Morgan fingerprint density at radius 1 is 1.12 bits per heavy atom.